The highest BCUT2D eigenvalue weighted by atomic mass is 79.9. The largest absolute Gasteiger partial charge is 0.324 e. The van der Waals surface area contributed by atoms with Crippen molar-refractivity contribution in [1.29, 1.82) is 0 Å². The topological polar surface area (TPSA) is 59.8 Å². The van der Waals surface area contributed by atoms with Gasteiger partial charge in [0.05, 0.1) is 11.4 Å². The highest BCUT2D eigenvalue weighted by molar-refractivity contribution is 9.10. The zero-order chi connectivity index (χ0) is 17.8. The molecule has 0 aliphatic carbocycles. The van der Waals surface area contributed by atoms with E-state index in [1.807, 2.05) is 67.1 Å². The van der Waals surface area contributed by atoms with Crippen LogP contribution in [-0.2, 0) is 11.8 Å². The number of amides is 1. The Labute approximate surface area is 159 Å². The van der Waals surface area contributed by atoms with Gasteiger partial charge in [-0.2, -0.15) is 0 Å². The lowest BCUT2D eigenvalue weighted by molar-refractivity contribution is -0.113. The van der Waals surface area contributed by atoms with E-state index in [2.05, 4.69) is 31.4 Å². The van der Waals surface area contributed by atoms with Crippen molar-refractivity contribution >= 4 is 39.3 Å². The molecule has 5 nitrogen and oxygen atoms in total. The maximum Gasteiger partial charge on any atom is 0.234 e. The fraction of sp³-hybridized carbons (Fsp3) is 0.167. The van der Waals surface area contributed by atoms with Gasteiger partial charge in [0, 0.05) is 17.1 Å². The first-order valence-corrected chi connectivity index (χ1v) is 9.46. The van der Waals surface area contributed by atoms with E-state index in [-0.39, 0.29) is 11.7 Å². The van der Waals surface area contributed by atoms with Crippen LogP contribution in [0.5, 0.6) is 0 Å². The average molecular weight is 417 g/mol. The van der Waals surface area contributed by atoms with Crippen LogP contribution in [0.3, 0.4) is 0 Å². The van der Waals surface area contributed by atoms with Crippen molar-refractivity contribution < 1.29 is 4.79 Å². The summed E-state index contributed by atoms with van der Waals surface area (Å²) in [6.45, 7) is 2.00. The SMILES string of the molecule is Cc1ccc(NC(=O)CSc2nnc(-c3ccccc3)n2C)c(Br)c1. The monoisotopic (exact) mass is 416 g/mol. The lowest BCUT2D eigenvalue weighted by Crippen LogP contribution is -2.14. The first-order valence-electron chi connectivity index (χ1n) is 7.68. The van der Waals surface area contributed by atoms with Gasteiger partial charge in [-0.05, 0) is 40.5 Å². The molecule has 1 amide bonds. The minimum absolute atomic E-state index is 0.0844. The summed E-state index contributed by atoms with van der Waals surface area (Å²) in [6, 6.07) is 15.7. The molecule has 0 unspecified atom stereocenters. The number of aromatic nitrogens is 3. The van der Waals surface area contributed by atoms with Crippen LogP contribution in [0.25, 0.3) is 11.4 Å². The van der Waals surface area contributed by atoms with E-state index >= 15 is 0 Å². The van der Waals surface area contributed by atoms with Crippen molar-refractivity contribution in [3.63, 3.8) is 0 Å². The van der Waals surface area contributed by atoms with Crippen LogP contribution in [0.1, 0.15) is 5.56 Å². The second kappa shape index (κ2) is 7.84. The number of nitrogens with zero attached hydrogens (tertiary/aromatic N) is 3. The molecule has 0 spiro atoms. The first-order chi connectivity index (χ1) is 12.0. The smallest absolute Gasteiger partial charge is 0.234 e. The maximum atomic E-state index is 12.2. The number of carbonyl (C=O) groups excluding carboxylic acids is 1. The molecule has 0 fully saturated rings. The summed E-state index contributed by atoms with van der Waals surface area (Å²) in [7, 11) is 1.90. The molecule has 0 aliphatic rings. The zero-order valence-corrected chi connectivity index (χ0v) is 16.3. The van der Waals surface area contributed by atoms with Crippen LogP contribution < -0.4 is 5.32 Å². The van der Waals surface area contributed by atoms with E-state index in [0.29, 0.717) is 5.16 Å². The van der Waals surface area contributed by atoms with Crippen LogP contribution in [-0.4, -0.2) is 26.4 Å². The fourth-order valence-electron chi connectivity index (χ4n) is 2.32. The molecular formula is C18H17BrN4OS. The molecule has 0 saturated carbocycles. The van der Waals surface area contributed by atoms with E-state index < -0.39 is 0 Å². The molecule has 2 aromatic carbocycles. The predicted octanol–water partition coefficient (Wildman–Crippen LogP) is 4.28. The minimum atomic E-state index is -0.0844. The Balaban J connectivity index is 1.64. The molecule has 3 rings (SSSR count). The van der Waals surface area contributed by atoms with Crippen LogP contribution in [0.15, 0.2) is 58.2 Å². The van der Waals surface area contributed by atoms with Crippen molar-refractivity contribution in [2.45, 2.75) is 12.1 Å². The number of nitrogens with one attached hydrogen (secondary N) is 1. The quantitative estimate of drug-likeness (QED) is 0.630. The Hall–Kier alpha value is -2.12. The Morgan fingerprint density at radius 1 is 1.20 bits per heavy atom. The lowest BCUT2D eigenvalue weighted by atomic mass is 10.2. The van der Waals surface area contributed by atoms with E-state index in [1.54, 1.807) is 0 Å². The van der Waals surface area contributed by atoms with Crippen LogP contribution in [0, 0.1) is 6.92 Å². The van der Waals surface area contributed by atoms with Gasteiger partial charge in [-0.15, -0.1) is 10.2 Å². The summed E-state index contributed by atoms with van der Waals surface area (Å²) in [5.41, 5.74) is 2.89. The number of carbonyl (C=O) groups is 1. The van der Waals surface area contributed by atoms with Crippen molar-refractivity contribution in [1.82, 2.24) is 14.8 Å². The van der Waals surface area contributed by atoms with Crippen molar-refractivity contribution in [3.8, 4) is 11.4 Å². The van der Waals surface area contributed by atoms with Gasteiger partial charge in [0.2, 0.25) is 5.91 Å². The van der Waals surface area contributed by atoms with Gasteiger partial charge in [-0.3, -0.25) is 4.79 Å². The van der Waals surface area contributed by atoms with Crippen molar-refractivity contribution in [2.24, 2.45) is 7.05 Å². The van der Waals surface area contributed by atoms with E-state index in [9.17, 15) is 4.79 Å². The predicted molar refractivity (Wildman–Crippen MR) is 105 cm³/mol. The van der Waals surface area contributed by atoms with E-state index in [1.165, 1.54) is 11.8 Å². The highest BCUT2D eigenvalue weighted by Gasteiger charge is 2.13. The Bertz CT molecular complexity index is 895. The van der Waals surface area contributed by atoms with E-state index in [4.69, 9.17) is 0 Å². The molecule has 7 heteroatoms. The van der Waals surface area contributed by atoms with Gasteiger partial charge in [0.15, 0.2) is 11.0 Å². The number of aryl methyl sites for hydroxylation is 1. The number of hydrogen-bond donors (Lipinski definition) is 1. The van der Waals surface area contributed by atoms with Crippen LogP contribution in [0.4, 0.5) is 5.69 Å². The molecule has 0 atom stereocenters. The third-order valence-corrected chi connectivity index (χ3v) is 5.27. The molecule has 1 heterocycles. The molecule has 0 bridgehead atoms. The average Bonchev–Trinajstić information content (AvgIpc) is 2.97. The normalized spacial score (nSPS) is 10.7. The summed E-state index contributed by atoms with van der Waals surface area (Å²) in [5, 5.41) is 12.0. The molecule has 25 heavy (non-hydrogen) atoms. The molecule has 0 saturated heterocycles. The summed E-state index contributed by atoms with van der Waals surface area (Å²) in [6.07, 6.45) is 0. The molecule has 3 aromatic rings. The molecular weight excluding hydrogens is 400 g/mol. The summed E-state index contributed by atoms with van der Waals surface area (Å²) < 4.78 is 2.77. The lowest BCUT2D eigenvalue weighted by Gasteiger charge is -2.08. The molecule has 128 valence electrons. The Kier molecular flexibility index (Phi) is 5.55. The second-order valence-corrected chi connectivity index (χ2v) is 7.35. The fourth-order valence-corrected chi connectivity index (χ4v) is 3.62. The third kappa shape index (κ3) is 4.29. The third-order valence-electron chi connectivity index (χ3n) is 3.60. The molecule has 1 N–H and O–H groups in total. The maximum absolute atomic E-state index is 12.2. The number of benzene rings is 2. The molecule has 0 radical (unpaired) electrons. The second-order valence-electron chi connectivity index (χ2n) is 5.55. The standard InChI is InChI=1S/C18H17BrN4OS/c1-12-8-9-15(14(19)10-12)20-16(24)11-25-18-22-21-17(23(18)2)13-6-4-3-5-7-13/h3-10H,11H2,1-2H3,(H,20,24). The first kappa shape index (κ1) is 17.7. The summed E-state index contributed by atoms with van der Waals surface area (Å²) >= 11 is 4.83. The van der Waals surface area contributed by atoms with Crippen molar-refractivity contribution in [3.05, 3.63) is 58.6 Å². The number of hydrogen-bond acceptors (Lipinski definition) is 4. The van der Waals surface area contributed by atoms with E-state index in [0.717, 1.165) is 27.1 Å². The van der Waals surface area contributed by atoms with Gasteiger partial charge in [0.1, 0.15) is 0 Å². The van der Waals surface area contributed by atoms with Gasteiger partial charge in [0.25, 0.3) is 0 Å². The molecule has 1 aromatic heterocycles. The van der Waals surface area contributed by atoms with Gasteiger partial charge >= 0.3 is 0 Å². The summed E-state index contributed by atoms with van der Waals surface area (Å²) in [4.78, 5) is 12.2. The van der Waals surface area contributed by atoms with Gasteiger partial charge < -0.3 is 9.88 Å². The number of anilines is 1. The Morgan fingerprint density at radius 2 is 1.96 bits per heavy atom. The highest BCUT2D eigenvalue weighted by Crippen LogP contribution is 2.25. The number of halogens is 1. The number of thioether (sulfide) groups is 1. The Morgan fingerprint density at radius 3 is 2.68 bits per heavy atom. The van der Waals surface area contributed by atoms with Crippen LogP contribution in [0.2, 0.25) is 0 Å². The van der Waals surface area contributed by atoms with Crippen LogP contribution >= 0.6 is 27.7 Å². The van der Waals surface area contributed by atoms with Gasteiger partial charge in [-0.25, -0.2) is 0 Å². The molecule has 0 aliphatic heterocycles. The summed E-state index contributed by atoms with van der Waals surface area (Å²) in [5.74, 6) is 0.963. The zero-order valence-electron chi connectivity index (χ0n) is 13.9. The van der Waals surface area contributed by atoms with Crippen molar-refractivity contribution in [2.75, 3.05) is 11.1 Å². The minimum Gasteiger partial charge on any atom is -0.324 e. The number of rotatable bonds is 5. The van der Waals surface area contributed by atoms with Gasteiger partial charge in [-0.1, -0.05) is 48.2 Å².